The molecule has 14 heteroatoms. The van der Waals surface area contributed by atoms with E-state index in [4.69, 9.17) is 23.7 Å². The van der Waals surface area contributed by atoms with Crippen LogP contribution in [0.3, 0.4) is 0 Å². The molecule has 4 aromatic rings. The quantitative estimate of drug-likeness (QED) is 0.0992. The van der Waals surface area contributed by atoms with Crippen LogP contribution in [0.1, 0.15) is 47.8 Å². The summed E-state index contributed by atoms with van der Waals surface area (Å²) in [6, 6.07) is 22.8. The first-order valence-corrected chi connectivity index (χ1v) is 20.5. The maximum atomic E-state index is 13.9. The topological polar surface area (TPSA) is 132 Å². The Morgan fingerprint density at radius 2 is 1.40 bits per heavy atom. The van der Waals surface area contributed by atoms with Crippen molar-refractivity contribution in [2.45, 2.75) is 39.0 Å². The lowest BCUT2D eigenvalue weighted by Gasteiger charge is -2.36. The highest BCUT2D eigenvalue weighted by Gasteiger charge is 2.38. The lowest BCUT2D eigenvalue weighted by atomic mass is 10.00. The third-order valence-corrected chi connectivity index (χ3v) is 10.4. The minimum atomic E-state index is -0.804. The number of aromatic nitrogens is 1. The number of carbonyl (C=O) groups is 3. The Balaban J connectivity index is 0.897. The number of hydrogen-bond donors (Lipinski definition) is 1. The molecule has 1 atom stereocenters. The van der Waals surface area contributed by atoms with Crippen LogP contribution >= 0.6 is 11.3 Å². The van der Waals surface area contributed by atoms with Gasteiger partial charge >= 0.3 is 0 Å². The predicted molar refractivity (Wildman–Crippen MR) is 219 cm³/mol. The predicted octanol–water partition coefficient (Wildman–Crippen LogP) is 5.68. The van der Waals surface area contributed by atoms with E-state index >= 15 is 0 Å². The standard InChI is InChI=1S/C43H53N5O8S/c1-32(2)56-28-27-55-26-25-54-24-23-53-22-21-52-20-14-39(49)47-18-16-46(17-19-47)37-12-10-33(11-13-37)35-8-9-36-31-48(42(51)38(36)30-35)40(34-6-4-3-5-7-34)41(50)45-43-44-15-29-57-43/h3-13,15,29-30,32,40H,14,16-28,31H2,1-2H3,(H,44,45,50). The summed E-state index contributed by atoms with van der Waals surface area (Å²) >= 11 is 1.33. The number of amides is 3. The maximum absolute atomic E-state index is 13.9. The highest BCUT2D eigenvalue weighted by Crippen LogP contribution is 2.35. The molecule has 0 bridgehead atoms. The fourth-order valence-corrected chi connectivity index (χ4v) is 7.31. The number of thiazole rings is 1. The van der Waals surface area contributed by atoms with E-state index in [2.05, 4.69) is 39.5 Å². The van der Waals surface area contributed by atoms with E-state index in [1.54, 1.807) is 16.5 Å². The van der Waals surface area contributed by atoms with Gasteiger partial charge in [0, 0.05) is 55.6 Å². The van der Waals surface area contributed by atoms with E-state index in [0.717, 1.165) is 41.0 Å². The second-order valence-corrected chi connectivity index (χ2v) is 14.9. The number of benzene rings is 3. The van der Waals surface area contributed by atoms with Gasteiger partial charge in [-0.2, -0.15) is 0 Å². The minimum Gasteiger partial charge on any atom is -0.379 e. The van der Waals surface area contributed by atoms with Crippen molar-refractivity contribution in [3.05, 3.63) is 101 Å². The molecule has 6 rings (SSSR count). The Labute approximate surface area is 338 Å². The summed E-state index contributed by atoms with van der Waals surface area (Å²) in [6.45, 7) is 11.5. The lowest BCUT2D eigenvalue weighted by Crippen LogP contribution is -2.49. The highest BCUT2D eigenvalue weighted by molar-refractivity contribution is 7.13. The number of rotatable bonds is 22. The number of piperazine rings is 1. The van der Waals surface area contributed by atoms with Gasteiger partial charge in [0.05, 0.1) is 72.0 Å². The lowest BCUT2D eigenvalue weighted by molar-refractivity contribution is -0.132. The summed E-state index contributed by atoms with van der Waals surface area (Å²) in [6.07, 6.45) is 2.19. The van der Waals surface area contributed by atoms with Crippen molar-refractivity contribution in [1.82, 2.24) is 14.8 Å². The van der Waals surface area contributed by atoms with Crippen LogP contribution in [0.2, 0.25) is 0 Å². The van der Waals surface area contributed by atoms with E-state index in [9.17, 15) is 14.4 Å². The molecule has 3 heterocycles. The molecule has 2 aliphatic heterocycles. The molecule has 57 heavy (non-hydrogen) atoms. The molecular weight excluding hydrogens is 747 g/mol. The monoisotopic (exact) mass is 799 g/mol. The summed E-state index contributed by atoms with van der Waals surface area (Å²) in [4.78, 5) is 50.3. The molecule has 2 aliphatic rings. The number of anilines is 2. The average Bonchev–Trinajstić information content (AvgIpc) is 3.86. The van der Waals surface area contributed by atoms with Crippen molar-refractivity contribution in [1.29, 1.82) is 0 Å². The van der Waals surface area contributed by atoms with Gasteiger partial charge < -0.3 is 38.4 Å². The van der Waals surface area contributed by atoms with Crippen LogP contribution in [0, 0.1) is 0 Å². The average molecular weight is 800 g/mol. The van der Waals surface area contributed by atoms with Crippen LogP contribution in [-0.2, 0) is 39.8 Å². The molecular formula is C43H53N5O8S. The van der Waals surface area contributed by atoms with Gasteiger partial charge in [0.1, 0.15) is 6.04 Å². The zero-order chi connectivity index (χ0) is 39.8. The largest absolute Gasteiger partial charge is 0.379 e. The number of hydrogen-bond acceptors (Lipinski definition) is 11. The molecule has 13 nitrogen and oxygen atoms in total. The first-order chi connectivity index (χ1) is 27.9. The molecule has 1 aromatic heterocycles. The zero-order valence-electron chi connectivity index (χ0n) is 32.8. The summed E-state index contributed by atoms with van der Waals surface area (Å²) in [5, 5.41) is 5.17. The zero-order valence-corrected chi connectivity index (χ0v) is 33.6. The molecule has 3 aromatic carbocycles. The van der Waals surface area contributed by atoms with Crippen molar-refractivity contribution < 1.29 is 38.1 Å². The summed E-state index contributed by atoms with van der Waals surface area (Å²) in [5.41, 5.74) is 5.22. The highest BCUT2D eigenvalue weighted by atomic mass is 32.1. The van der Waals surface area contributed by atoms with E-state index in [1.165, 1.54) is 11.3 Å². The molecule has 1 saturated heterocycles. The Hall–Kier alpha value is -4.70. The van der Waals surface area contributed by atoms with Crippen LogP contribution in [0.25, 0.3) is 11.1 Å². The van der Waals surface area contributed by atoms with Gasteiger partial charge in [-0.1, -0.05) is 54.6 Å². The second kappa shape index (κ2) is 21.7. The van der Waals surface area contributed by atoms with E-state index in [1.807, 2.05) is 67.3 Å². The van der Waals surface area contributed by atoms with Crippen LogP contribution in [0.4, 0.5) is 10.8 Å². The molecule has 1 fully saturated rings. The van der Waals surface area contributed by atoms with Crippen molar-refractivity contribution >= 4 is 39.9 Å². The Morgan fingerprint density at radius 3 is 2.04 bits per heavy atom. The molecule has 0 spiro atoms. The van der Waals surface area contributed by atoms with E-state index in [-0.39, 0.29) is 23.8 Å². The molecule has 0 radical (unpaired) electrons. The third-order valence-electron chi connectivity index (χ3n) is 9.73. The van der Waals surface area contributed by atoms with Crippen molar-refractivity contribution in [3.63, 3.8) is 0 Å². The van der Waals surface area contributed by atoms with Crippen LogP contribution < -0.4 is 10.2 Å². The molecule has 1 unspecified atom stereocenters. The number of nitrogens with one attached hydrogen (secondary N) is 1. The summed E-state index contributed by atoms with van der Waals surface area (Å²) in [5.74, 6) is -0.389. The molecule has 304 valence electrons. The van der Waals surface area contributed by atoms with Crippen molar-refractivity contribution in [2.75, 3.05) is 95.9 Å². The third kappa shape index (κ3) is 12.2. The van der Waals surface area contributed by atoms with Crippen molar-refractivity contribution in [3.8, 4) is 11.1 Å². The number of carbonyl (C=O) groups excluding carboxylic acids is 3. The summed E-state index contributed by atoms with van der Waals surface area (Å²) < 4.78 is 27.5. The molecule has 0 saturated carbocycles. The molecule has 3 amide bonds. The number of nitrogens with zero attached hydrogens (tertiary/aromatic N) is 4. The fraction of sp³-hybridized carbons (Fsp3) is 0.442. The first kappa shape index (κ1) is 41.9. The smallest absolute Gasteiger partial charge is 0.255 e. The van der Waals surface area contributed by atoms with E-state index < -0.39 is 6.04 Å². The van der Waals surface area contributed by atoms with Gasteiger partial charge in [0.25, 0.3) is 11.8 Å². The van der Waals surface area contributed by atoms with Crippen LogP contribution in [0.15, 0.2) is 84.4 Å². The normalized spacial score (nSPS) is 14.6. The van der Waals surface area contributed by atoms with Gasteiger partial charge in [0.15, 0.2) is 5.13 Å². The molecule has 0 aliphatic carbocycles. The molecule has 1 N–H and O–H groups in total. The van der Waals surface area contributed by atoms with Gasteiger partial charge in [-0.15, -0.1) is 11.3 Å². The SMILES string of the molecule is CC(C)OCCOCCOCCOCCOCCC(=O)N1CCN(c2ccc(-c3ccc4c(c3)C(=O)N(C(C(=O)Nc3nccs3)c3ccccc3)C4)cc2)CC1. The second-order valence-electron chi connectivity index (χ2n) is 14.0. The fourth-order valence-electron chi connectivity index (χ4n) is 6.78. The Bertz CT molecular complexity index is 1850. The van der Waals surface area contributed by atoms with Gasteiger partial charge in [0.2, 0.25) is 5.91 Å². The number of ether oxygens (including phenoxy) is 5. The van der Waals surface area contributed by atoms with Gasteiger partial charge in [-0.05, 0) is 54.3 Å². The van der Waals surface area contributed by atoms with E-state index in [0.29, 0.717) is 96.2 Å². The minimum absolute atomic E-state index is 0.0947. The number of fused-ring (bicyclic) bond motifs is 1. The first-order valence-electron chi connectivity index (χ1n) is 19.6. The Morgan fingerprint density at radius 1 is 0.772 bits per heavy atom. The Kier molecular flexibility index (Phi) is 16.0. The van der Waals surface area contributed by atoms with Gasteiger partial charge in [-0.3, -0.25) is 19.7 Å². The van der Waals surface area contributed by atoms with Crippen LogP contribution in [0.5, 0.6) is 0 Å². The van der Waals surface area contributed by atoms with Gasteiger partial charge in [-0.25, -0.2) is 4.98 Å². The van der Waals surface area contributed by atoms with Crippen molar-refractivity contribution in [2.24, 2.45) is 0 Å². The maximum Gasteiger partial charge on any atom is 0.255 e. The van der Waals surface area contributed by atoms with Crippen LogP contribution in [-0.4, -0.2) is 124 Å². The summed E-state index contributed by atoms with van der Waals surface area (Å²) in [7, 11) is 0.